The third-order valence-electron chi connectivity index (χ3n) is 5.85. The fourth-order valence-corrected chi connectivity index (χ4v) is 3.43. The Labute approximate surface area is 157 Å². The van der Waals surface area contributed by atoms with Gasteiger partial charge < -0.3 is 24.2 Å². The van der Waals surface area contributed by atoms with Crippen LogP contribution in [0.3, 0.4) is 0 Å². The fraction of sp³-hybridized carbons (Fsp3) is 0.474. The third kappa shape index (κ3) is 3.13. The van der Waals surface area contributed by atoms with E-state index >= 15 is 0 Å². The number of fused-ring (bicyclic) bond motifs is 1. The molecule has 1 aromatic carbocycles. The molecule has 3 heterocycles. The summed E-state index contributed by atoms with van der Waals surface area (Å²) in [6.45, 7) is 9.26. The van der Waals surface area contributed by atoms with E-state index in [1.807, 2.05) is 33.8 Å². The number of aromatic nitrogens is 2. The van der Waals surface area contributed by atoms with Gasteiger partial charge in [0.05, 0.1) is 22.2 Å². The maximum absolute atomic E-state index is 12.8. The molecule has 142 valence electrons. The van der Waals surface area contributed by atoms with Crippen LogP contribution in [-0.4, -0.2) is 52.2 Å². The van der Waals surface area contributed by atoms with Gasteiger partial charge >= 0.3 is 12.8 Å². The van der Waals surface area contributed by atoms with E-state index in [1.165, 1.54) is 0 Å². The highest BCUT2D eigenvalue weighted by atomic mass is 16.7. The molecule has 2 aliphatic rings. The minimum absolute atomic E-state index is 0.0526. The first-order valence-corrected chi connectivity index (χ1v) is 9.22. The lowest BCUT2D eigenvalue weighted by atomic mass is 9.74. The van der Waals surface area contributed by atoms with Crippen molar-refractivity contribution >= 4 is 24.1 Å². The zero-order valence-electron chi connectivity index (χ0n) is 16.1. The summed E-state index contributed by atoms with van der Waals surface area (Å²) < 4.78 is 12.2. The molecule has 0 bridgehead atoms. The molecule has 1 fully saturated rings. The van der Waals surface area contributed by atoms with E-state index in [0.717, 1.165) is 5.47 Å². The summed E-state index contributed by atoms with van der Waals surface area (Å²) in [7, 11) is -0.353. The van der Waals surface area contributed by atoms with Gasteiger partial charge in [-0.1, -0.05) is 6.08 Å². The van der Waals surface area contributed by atoms with Crippen LogP contribution >= 0.6 is 0 Å². The van der Waals surface area contributed by atoms with E-state index in [1.54, 1.807) is 23.1 Å². The zero-order valence-corrected chi connectivity index (χ0v) is 16.1. The summed E-state index contributed by atoms with van der Waals surface area (Å²) in [5, 5.41) is 0. The largest absolute Gasteiger partial charge is 0.490 e. The van der Waals surface area contributed by atoms with E-state index in [0.29, 0.717) is 36.1 Å². The number of benzene rings is 1. The summed E-state index contributed by atoms with van der Waals surface area (Å²) in [4.78, 5) is 31.4. The highest BCUT2D eigenvalue weighted by Crippen LogP contribution is 2.39. The third-order valence-corrected chi connectivity index (χ3v) is 5.85. The van der Waals surface area contributed by atoms with Gasteiger partial charge in [0.1, 0.15) is 0 Å². The first-order valence-electron chi connectivity index (χ1n) is 9.22. The SMILES string of the molecule is CC1(C)OB(C2=CCN(C(=O)c3ccc4[nH]c(=O)[nH]c4c3)CC2)OC1(C)C. The number of carbonyl (C=O) groups excluding carboxylic acids is 1. The molecule has 0 radical (unpaired) electrons. The van der Waals surface area contributed by atoms with Gasteiger partial charge in [-0.15, -0.1) is 0 Å². The molecule has 4 rings (SSSR count). The zero-order chi connectivity index (χ0) is 19.4. The van der Waals surface area contributed by atoms with Gasteiger partial charge in [-0.25, -0.2) is 4.79 Å². The molecule has 0 spiro atoms. The topological polar surface area (TPSA) is 87.4 Å². The predicted octanol–water partition coefficient (Wildman–Crippen LogP) is 2.26. The van der Waals surface area contributed by atoms with E-state index in [-0.39, 0.29) is 29.9 Å². The van der Waals surface area contributed by atoms with Gasteiger partial charge in [0.2, 0.25) is 0 Å². The Morgan fingerprint density at radius 2 is 1.78 bits per heavy atom. The minimum Gasteiger partial charge on any atom is -0.400 e. The van der Waals surface area contributed by atoms with Crippen LogP contribution in [0.25, 0.3) is 11.0 Å². The second kappa shape index (κ2) is 6.10. The Kier molecular flexibility index (Phi) is 4.08. The van der Waals surface area contributed by atoms with E-state index in [2.05, 4.69) is 9.97 Å². The molecular formula is C19H24BN3O4. The predicted molar refractivity (Wildman–Crippen MR) is 104 cm³/mol. The Morgan fingerprint density at radius 3 is 2.41 bits per heavy atom. The lowest BCUT2D eigenvalue weighted by Crippen LogP contribution is -2.41. The number of nitrogens with one attached hydrogen (secondary N) is 2. The molecule has 0 unspecified atom stereocenters. The molecule has 27 heavy (non-hydrogen) atoms. The maximum atomic E-state index is 12.8. The van der Waals surface area contributed by atoms with Crippen LogP contribution in [0.1, 0.15) is 44.5 Å². The van der Waals surface area contributed by atoms with Crippen LogP contribution in [-0.2, 0) is 9.31 Å². The molecule has 7 nitrogen and oxygen atoms in total. The molecule has 1 saturated heterocycles. The summed E-state index contributed by atoms with van der Waals surface area (Å²) in [5.74, 6) is -0.0526. The monoisotopic (exact) mass is 369 g/mol. The van der Waals surface area contributed by atoms with Gasteiger partial charge in [0.15, 0.2) is 0 Å². The number of nitrogens with zero attached hydrogens (tertiary/aromatic N) is 1. The standard InChI is InChI=1S/C19H24BN3O4/c1-18(2)19(3,4)27-20(26-18)13-7-9-23(10-8-13)16(24)12-5-6-14-15(11-12)22-17(25)21-14/h5-7,11H,8-10H2,1-4H3,(H2,21,22,25). The first kappa shape index (κ1) is 18.1. The molecule has 1 amide bonds. The van der Waals surface area contributed by atoms with Crippen molar-refractivity contribution in [2.75, 3.05) is 13.1 Å². The van der Waals surface area contributed by atoms with Gasteiger partial charge in [0, 0.05) is 18.7 Å². The molecule has 8 heteroatoms. The van der Waals surface area contributed by atoms with Crippen LogP contribution in [0.2, 0.25) is 0 Å². The molecule has 0 aliphatic carbocycles. The highest BCUT2D eigenvalue weighted by Gasteiger charge is 2.52. The van der Waals surface area contributed by atoms with Crippen molar-refractivity contribution in [1.82, 2.24) is 14.9 Å². The van der Waals surface area contributed by atoms with Crippen LogP contribution in [0.15, 0.2) is 34.5 Å². The second-order valence-corrected chi connectivity index (χ2v) is 8.21. The lowest BCUT2D eigenvalue weighted by molar-refractivity contribution is 0.00578. The van der Waals surface area contributed by atoms with Crippen LogP contribution in [0.4, 0.5) is 0 Å². The molecule has 1 aromatic heterocycles. The summed E-state index contributed by atoms with van der Waals surface area (Å²) in [6.07, 6.45) is 2.74. The summed E-state index contributed by atoms with van der Waals surface area (Å²) in [5.41, 5.74) is 1.97. The number of hydrogen-bond donors (Lipinski definition) is 2. The number of rotatable bonds is 2. The number of imidazole rings is 1. The average Bonchev–Trinajstić information content (AvgIpc) is 3.08. The summed E-state index contributed by atoms with van der Waals surface area (Å²) in [6, 6.07) is 5.20. The highest BCUT2D eigenvalue weighted by molar-refractivity contribution is 6.54. The number of carbonyl (C=O) groups is 1. The fourth-order valence-electron chi connectivity index (χ4n) is 3.43. The van der Waals surface area contributed by atoms with E-state index < -0.39 is 0 Å². The van der Waals surface area contributed by atoms with Gasteiger partial charge in [-0.3, -0.25) is 4.79 Å². The smallest absolute Gasteiger partial charge is 0.400 e. The van der Waals surface area contributed by atoms with Gasteiger partial charge in [-0.2, -0.15) is 0 Å². The van der Waals surface area contributed by atoms with E-state index in [4.69, 9.17) is 9.31 Å². The van der Waals surface area contributed by atoms with Crippen molar-refractivity contribution in [3.8, 4) is 0 Å². The maximum Gasteiger partial charge on any atom is 0.490 e. The Bertz CT molecular complexity index is 972. The molecule has 0 saturated carbocycles. The number of amides is 1. The number of hydrogen-bond acceptors (Lipinski definition) is 4. The van der Waals surface area contributed by atoms with Crippen LogP contribution in [0.5, 0.6) is 0 Å². The Balaban J connectivity index is 1.48. The normalized spacial score (nSPS) is 21.6. The van der Waals surface area contributed by atoms with Crippen molar-refractivity contribution in [2.45, 2.75) is 45.3 Å². The summed E-state index contributed by atoms with van der Waals surface area (Å²) >= 11 is 0. The quantitative estimate of drug-likeness (QED) is 0.795. The number of H-pyrrole nitrogens is 2. The van der Waals surface area contributed by atoms with Gasteiger partial charge in [-0.05, 0) is 57.8 Å². The molecule has 2 aliphatic heterocycles. The Hall–Kier alpha value is -2.32. The van der Waals surface area contributed by atoms with Gasteiger partial charge in [0.25, 0.3) is 5.91 Å². The van der Waals surface area contributed by atoms with Crippen molar-refractivity contribution in [2.24, 2.45) is 0 Å². The lowest BCUT2D eigenvalue weighted by Gasteiger charge is -2.32. The van der Waals surface area contributed by atoms with Crippen LogP contribution in [0, 0.1) is 0 Å². The van der Waals surface area contributed by atoms with Crippen molar-refractivity contribution < 1.29 is 14.1 Å². The number of aromatic amines is 2. The van der Waals surface area contributed by atoms with E-state index in [9.17, 15) is 9.59 Å². The van der Waals surface area contributed by atoms with Crippen molar-refractivity contribution in [1.29, 1.82) is 0 Å². The van der Waals surface area contributed by atoms with Crippen LogP contribution < -0.4 is 5.69 Å². The Morgan fingerprint density at radius 1 is 1.11 bits per heavy atom. The molecule has 2 N–H and O–H groups in total. The van der Waals surface area contributed by atoms with Crippen molar-refractivity contribution in [3.05, 3.63) is 45.8 Å². The molecule has 2 aromatic rings. The first-order chi connectivity index (χ1) is 12.7. The second-order valence-electron chi connectivity index (χ2n) is 8.21. The average molecular weight is 369 g/mol. The molecule has 0 atom stereocenters. The minimum atomic E-state index is -0.367. The van der Waals surface area contributed by atoms with Crippen molar-refractivity contribution in [3.63, 3.8) is 0 Å². The molecular weight excluding hydrogens is 345 g/mol.